The molecule has 7 heteroatoms. The van der Waals surface area contributed by atoms with Gasteiger partial charge in [0.15, 0.2) is 0 Å². The number of rotatable bonds is 5. The summed E-state index contributed by atoms with van der Waals surface area (Å²) < 4.78 is 27.3. The van der Waals surface area contributed by atoms with Crippen LogP contribution in [0.1, 0.15) is 15.9 Å². The minimum absolute atomic E-state index is 0.0113. The molecule has 0 unspecified atom stereocenters. The number of amides is 1. The number of carbonyl (C=O) groups is 1. The molecule has 0 spiro atoms. The SMILES string of the molecule is COCCN(C)C(=O)c1ccc(S(=O)(=O)Cl)cc1C. The van der Waals surface area contributed by atoms with Crippen LogP contribution in [-0.4, -0.2) is 46.5 Å². The molecule has 0 radical (unpaired) electrons. The zero-order chi connectivity index (χ0) is 14.6. The normalized spacial score (nSPS) is 11.4. The fraction of sp³-hybridized carbons (Fsp3) is 0.417. The topological polar surface area (TPSA) is 63.7 Å². The minimum Gasteiger partial charge on any atom is -0.383 e. The molecule has 0 bridgehead atoms. The third kappa shape index (κ3) is 4.19. The first-order chi connectivity index (χ1) is 8.77. The number of carbonyl (C=O) groups excluding carboxylic acids is 1. The van der Waals surface area contributed by atoms with Crippen LogP contribution in [-0.2, 0) is 13.8 Å². The van der Waals surface area contributed by atoms with Crippen LogP contribution >= 0.6 is 10.7 Å². The quantitative estimate of drug-likeness (QED) is 0.776. The second kappa shape index (κ2) is 6.36. The summed E-state index contributed by atoms with van der Waals surface area (Å²) in [4.78, 5) is 13.6. The summed E-state index contributed by atoms with van der Waals surface area (Å²) >= 11 is 0. The van der Waals surface area contributed by atoms with Crippen LogP contribution in [0.5, 0.6) is 0 Å². The van der Waals surface area contributed by atoms with Gasteiger partial charge >= 0.3 is 0 Å². The first-order valence-corrected chi connectivity index (χ1v) is 7.88. The van der Waals surface area contributed by atoms with Crippen molar-refractivity contribution in [2.45, 2.75) is 11.8 Å². The number of methoxy groups -OCH3 is 1. The van der Waals surface area contributed by atoms with Crippen LogP contribution < -0.4 is 0 Å². The highest BCUT2D eigenvalue weighted by Gasteiger charge is 2.17. The summed E-state index contributed by atoms with van der Waals surface area (Å²) in [6.45, 7) is 2.57. The van der Waals surface area contributed by atoms with Crippen molar-refractivity contribution in [3.8, 4) is 0 Å². The summed E-state index contributed by atoms with van der Waals surface area (Å²) in [5.74, 6) is -0.187. The number of aryl methyl sites for hydroxylation is 1. The van der Waals surface area contributed by atoms with Crippen LogP contribution in [0.3, 0.4) is 0 Å². The molecule has 0 atom stereocenters. The molecule has 0 aliphatic carbocycles. The Hall–Kier alpha value is -1.11. The van der Waals surface area contributed by atoms with Crippen LogP contribution in [0.25, 0.3) is 0 Å². The molecule has 0 fully saturated rings. The zero-order valence-corrected chi connectivity index (χ0v) is 12.6. The van der Waals surface area contributed by atoms with Gasteiger partial charge in [0.25, 0.3) is 15.0 Å². The van der Waals surface area contributed by atoms with E-state index in [1.165, 1.54) is 23.1 Å². The highest BCUT2D eigenvalue weighted by atomic mass is 35.7. The van der Waals surface area contributed by atoms with Gasteiger partial charge < -0.3 is 9.64 Å². The van der Waals surface area contributed by atoms with Gasteiger partial charge in [-0.3, -0.25) is 4.79 Å². The number of hydrogen-bond acceptors (Lipinski definition) is 4. The Balaban J connectivity index is 3.00. The molecule has 0 N–H and O–H groups in total. The lowest BCUT2D eigenvalue weighted by Gasteiger charge is -2.18. The van der Waals surface area contributed by atoms with Crippen LogP contribution in [0.4, 0.5) is 0 Å². The fourth-order valence-corrected chi connectivity index (χ4v) is 2.40. The van der Waals surface area contributed by atoms with E-state index in [9.17, 15) is 13.2 Å². The Morgan fingerprint density at radius 2 is 2.05 bits per heavy atom. The average molecular weight is 306 g/mol. The molecule has 106 valence electrons. The summed E-state index contributed by atoms with van der Waals surface area (Å²) in [5, 5.41) is 0. The van der Waals surface area contributed by atoms with Crippen molar-refractivity contribution >= 4 is 25.6 Å². The van der Waals surface area contributed by atoms with Crippen LogP contribution in [0.2, 0.25) is 0 Å². The predicted octanol–water partition coefficient (Wildman–Crippen LogP) is 1.64. The molecule has 0 heterocycles. The zero-order valence-electron chi connectivity index (χ0n) is 11.0. The number of ether oxygens (including phenoxy) is 1. The van der Waals surface area contributed by atoms with Crippen molar-refractivity contribution in [1.82, 2.24) is 4.90 Å². The van der Waals surface area contributed by atoms with Crippen molar-refractivity contribution < 1.29 is 17.9 Å². The molecule has 19 heavy (non-hydrogen) atoms. The van der Waals surface area contributed by atoms with E-state index in [2.05, 4.69) is 0 Å². The molecule has 0 aromatic heterocycles. The molecule has 1 rings (SSSR count). The molecule has 0 saturated heterocycles. The summed E-state index contributed by atoms with van der Waals surface area (Å²) in [6.07, 6.45) is 0. The largest absolute Gasteiger partial charge is 0.383 e. The van der Waals surface area contributed by atoms with E-state index in [-0.39, 0.29) is 10.8 Å². The number of halogens is 1. The highest BCUT2D eigenvalue weighted by Crippen LogP contribution is 2.19. The second-order valence-electron chi connectivity index (χ2n) is 4.13. The Morgan fingerprint density at radius 3 is 2.53 bits per heavy atom. The van der Waals surface area contributed by atoms with Gasteiger partial charge in [0.2, 0.25) is 0 Å². The van der Waals surface area contributed by atoms with E-state index in [0.717, 1.165) is 0 Å². The Bertz CT molecular complexity index is 571. The Kier molecular flexibility index (Phi) is 5.34. The summed E-state index contributed by atoms with van der Waals surface area (Å²) in [6, 6.07) is 4.18. The Labute approximate surface area is 117 Å². The van der Waals surface area contributed by atoms with Gasteiger partial charge in [-0.05, 0) is 30.7 Å². The number of benzene rings is 1. The fourth-order valence-electron chi connectivity index (χ4n) is 1.56. The van der Waals surface area contributed by atoms with E-state index < -0.39 is 9.05 Å². The highest BCUT2D eigenvalue weighted by molar-refractivity contribution is 8.13. The third-order valence-electron chi connectivity index (χ3n) is 2.69. The van der Waals surface area contributed by atoms with Crippen molar-refractivity contribution in [3.05, 3.63) is 29.3 Å². The first kappa shape index (κ1) is 15.9. The standard InChI is InChI=1S/C12H16ClNO4S/c1-9-8-10(19(13,16)17)4-5-11(9)12(15)14(2)6-7-18-3/h4-5,8H,6-7H2,1-3H3. The monoisotopic (exact) mass is 305 g/mol. The van der Waals surface area contributed by atoms with Crippen LogP contribution in [0.15, 0.2) is 23.1 Å². The molecular weight excluding hydrogens is 290 g/mol. The molecular formula is C12H16ClNO4S. The maximum atomic E-state index is 12.1. The predicted molar refractivity (Wildman–Crippen MR) is 73.1 cm³/mol. The van der Waals surface area contributed by atoms with Gasteiger partial charge in [-0.1, -0.05) is 0 Å². The van der Waals surface area contributed by atoms with Crippen LogP contribution in [0, 0.1) is 6.92 Å². The summed E-state index contributed by atoms with van der Waals surface area (Å²) in [5.41, 5.74) is 1.01. The maximum Gasteiger partial charge on any atom is 0.261 e. The molecule has 5 nitrogen and oxygen atoms in total. The van der Waals surface area contributed by atoms with Crippen molar-refractivity contribution in [2.24, 2.45) is 0 Å². The second-order valence-corrected chi connectivity index (χ2v) is 6.70. The number of hydrogen-bond donors (Lipinski definition) is 0. The van der Waals surface area contributed by atoms with Gasteiger partial charge in [0.1, 0.15) is 0 Å². The smallest absolute Gasteiger partial charge is 0.261 e. The van der Waals surface area contributed by atoms with Gasteiger partial charge in [-0.15, -0.1) is 0 Å². The minimum atomic E-state index is -3.77. The van der Waals surface area contributed by atoms with E-state index in [0.29, 0.717) is 24.3 Å². The van der Waals surface area contributed by atoms with Gasteiger partial charge in [-0.25, -0.2) is 8.42 Å². The van der Waals surface area contributed by atoms with Crippen molar-refractivity contribution in [1.29, 1.82) is 0 Å². The lowest BCUT2D eigenvalue weighted by molar-refractivity contribution is 0.0743. The van der Waals surface area contributed by atoms with E-state index in [4.69, 9.17) is 15.4 Å². The van der Waals surface area contributed by atoms with Gasteiger partial charge in [0.05, 0.1) is 11.5 Å². The van der Waals surface area contributed by atoms with E-state index in [1.807, 2.05) is 0 Å². The van der Waals surface area contributed by atoms with Gasteiger partial charge in [0, 0.05) is 36.9 Å². The number of nitrogens with zero attached hydrogens (tertiary/aromatic N) is 1. The van der Waals surface area contributed by atoms with E-state index >= 15 is 0 Å². The lowest BCUT2D eigenvalue weighted by Crippen LogP contribution is -2.30. The molecule has 0 saturated carbocycles. The van der Waals surface area contributed by atoms with Gasteiger partial charge in [-0.2, -0.15) is 0 Å². The molecule has 1 aromatic rings. The number of likely N-dealkylation sites (N-methyl/N-ethyl adjacent to an activating group) is 1. The maximum absolute atomic E-state index is 12.1. The first-order valence-electron chi connectivity index (χ1n) is 5.57. The molecule has 0 aliphatic heterocycles. The summed E-state index contributed by atoms with van der Waals surface area (Å²) in [7, 11) is 4.70. The van der Waals surface area contributed by atoms with E-state index in [1.54, 1.807) is 21.1 Å². The average Bonchev–Trinajstić information content (AvgIpc) is 2.33. The Morgan fingerprint density at radius 1 is 1.42 bits per heavy atom. The molecule has 1 amide bonds. The third-order valence-corrected chi connectivity index (χ3v) is 4.04. The molecule has 1 aromatic carbocycles. The molecule has 0 aliphatic rings. The van der Waals surface area contributed by atoms with Crippen molar-refractivity contribution in [3.63, 3.8) is 0 Å². The lowest BCUT2D eigenvalue weighted by atomic mass is 10.1. The van der Waals surface area contributed by atoms with Crippen molar-refractivity contribution in [2.75, 3.05) is 27.3 Å².